The van der Waals surface area contributed by atoms with E-state index in [2.05, 4.69) is 16.4 Å². The van der Waals surface area contributed by atoms with Crippen molar-refractivity contribution >= 4 is 22.2 Å². The van der Waals surface area contributed by atoms with Crippen LogP contribution in [0.2, 0.25) is 0 Å². The highest BCUT2D eigenvalue weighted by Gasteiger charge is 2.15. The molecular weight excluding hydrogens is 262 g/mol. The highest BCUT2D eigenvalue weighted by atomic mass is 32.1. The average molecular weight is 273 g/mol. The Hall–Kier alpha value is -2.39. The number of anilines is 1. The van der Waals surface area contributed by atoms with E-state index in [9.17, 15) is 9.59 Å². The van der Waals surface area contributed by atoms with Crippen LogP contribution in [0.3, 0.4) is 0 Å². The molecule has 19 heavy (non-hydrogen) atoms. The third-order valence-electron chi connectivity index (χ3n) is 2.76. The van der Waals surface area contributed by atoms with Gasteiger partial charge in [-0.25, -0.2) is 0 Å². The minimum atomic E-state index is -0.399. The second-order valence-electron chi connectivity index (χ2n) is 3.99. The molecule has 2 N–H and O–H groups in total. The Morgan fingerprint density at radius 2 is 2.21 bits per heavy atom. The second kappa shape index (κ2) is 5.08. The molecule has 0 atom stereocenters. The number of hydrogen-bond donors (Lipinski definition) is 2. The molecule has 2 heterocycles. The van der Waals surface area contributed by atoms with Crippen molar-refractivity contribution in [2.75, 3.05) is 5.32 Å². The summed E-state index contributed by atoms with van der Waals surface area (Å²) in [6.45, 7) is 3.73. The minimum Gasteiger partial charge on any atom is -0.329 e. The molecule has 96 valence electrons. The zero-order valence-corrected chi connectivity index (χ0v) is 11.2. The molecule has 0 aliphatic heterocycles. The molecule has 0 radical (unpaired) electrons. The summed E-state index contributed by atoms with van der Waals surface area (Å²) in [5, 5.41) is 12.3. The smallest absolute Gasteiger partial charge is 0.256 e. The lowest BCUT2D eigenvalue weighted by molar-refractivity contribution is 0.102. The van der Waals surface area contributed by atoms with Crippen LogP contribution in [0.1, 0.15) is 26.4 Å². The van der Waals surface area contributed by atoms with E-state index in [4.69, 9.17) is 5.26 Å². The number of aryl methyl sites for hydroxylation is 1. The highest BCUT2D eigenvalue weighted by Crippen LogP contribution is 2.31. The highest BCUT2D eigenvalue weighted by molar-refractivity contribution is 7.16. The van der Waals surface area contributed by atoms with E-state index in [1.165, 1.54) is 29.7 Å². The van der Waals surface area contributed by atoms with Gasteiger partial charge < -0.3 is 10.3 Å². The van der Waals surface area contributed by atoms with Gasteiger partial charge in [-0.2, -0.15) is 5.26 Å². The summed E-state index contributed by atoms with van der Waals surface area (Å²) in [5.74, 6) is -0.399. The van der Waals surface area contributed by atoms with E-state index >= 15 is 0 Å². The van der Waals surface area contributed by atoms with Crippen LogP contribution in [0, 0.1) is 25.2 Å². The molecular formula is C13H11N3O2S. The van der Waals surface area contributed by atoms with Crippen molar-refractivity contribution in [3.63, 3.8) is 0 Å². The maximum absolute atomic E-state index is 12.0. The number of aromatic amines is 1. The number of carbonyl (C=O) groups excluding carboxylic acids is 1. The first-order valence-corrected chi connectivity index (χ1v) is 6.34. The van der Waals surface area contributed by atoms with Gasteiger partial charge in [0.05, 0.1) is 5.56 Å². The molecule has 2 rings (SSSR count). The number of pyridine rings is 1. The Bertz CT molecular complexity index is 737. The molecule has 6 heteroatoms. The van der Waals surface area contributed by atoms with E-state index in [0.29, 0.717) is 10.6 Å². The molecule has 0 bridgehead atoms. The fourth-order valence-electron chi connectivity index (χ4n) is 1.61. The third kappa shape index (κ3) is 2.56. The SMILES string of the molecule is Cc1sc(NC(=O)c2cc[nH]c(=O)c2)c(C#N)c1C. The molecule has 0 unspecified atom stereocenters. The van der Waals surface area contributed by atoms with Gasteiger partial charge in [-0.05, 0) is 25.5 Å². The first-order valence-electron chi connectivity index (χ1n) is 5.53. The Labute approximate surface area is 113 Å². The fourth-order valence-corrected chi connectivity index (χ4v) is 2.62. The summed E-state index contributed by atoms with van der Waals surface area (Å²) < 4.78 is 0. The topological polar surface area (TPSA) is 85.8 Å². The molecule has 0 fully saturated rings. The summed E-state index contributed by atoms with van der Waals surface area (Å²) in [5.41, 5.74) is 1.26. The van der Waals surface area contributed by atoms with Crippen molar-refractivity contribution in [1.82, 2.24) is 4.98 Å². The Morgan fingerprint density at radius 1 is 1.47 bits per heavy atom. The number of thiophene rings is 1. The van der Waals surface area contributed by atoms with Crippen LogP contribution in [-0.4, -0.2) is 10.9 Å². The van der Waals surface area contributed by atoms with Gasteiger partial charge >= 0.3 is 0 Å². The fraction of sp³-hybridized carbons (Fsp3) is 0.154. The molecule has 0 saturated carbocycles. The zero-order valence-electron chi connectivity index (χ0n) is 10.4. The summed E-state index contributed by atoms with van der Waals surface area (Å²) in [4.78, 5) is 26.6. The number of carbonyl (C=O) groups is 1. The lowest BCUT2D eigenvalue weighted by atomic mass is 10.2. The van der Waals surface area contributed by atoms with E-state index in [1.807, 2.05) is 13.8 Å². The molecule has 2 aromatic heterocycles. The Kier molecular flexibility index (Phi) is 3.49. The molecule has 0 aliphatic carbocycles. The molecule has 0 aromatic carbocycles. The van der Waals surface area contributed by atoms with Gasteiger partial charge in [0, 0.05) is 22.7 Å². The number of nitriles is 1. The van der Waals surface area contributed by atoms with Gasteiger partial charge in [0.1, 0.15) is 11.1 Å². The molecule has 0 spiro atoms. The van der Waals surface area contributed by atoms with E-state index in [1.54, 1.807) is 0 Å². The Balaban J connectivity index is 2.32. The van der Waals surface area contributed by atoms with Gasteiger partial charge in [-0.15, -0.1) is 11.3 Å². The molecule has 0 saturated heterocycles. The van der Waals surface area contributed by atoms with Crippen LogP contribution in [0.15, 0.2) is 23.1 Å². The van der Waals surface area contributed by atoms with Crippen molar-refractivity contribution < 1.29 is 4.79 Å². The standard InChI is InChI=1S/C13H11N3O2S/c1-7-8(2)19-13(10(7)6-14)16-12(18)9-3-4-15-11(17)5-9/h3-5H,1-2H3,(H,15,17)(H,16,18). The van der Waals surface area contributed by atoms with Gasteiger partial charge in [-0.3, -0.25) is 9.59 Å². The number of hydrogen-bond acceptors (Lipinski definition) is 4. The van der Waals surface area contributed by atoms with E-state index in [-0.39, 0.29) is 11.1 Å². The van der Waals surface area contributed by atoms with Crippen molar-refractivity contribution in [2.45, 2.75) is 13.8 Å². The second-order valence-corrected chi connectivity index (χ2v) is 5.22. The number of H-pyrrole nitrogens is 1. The quantitative estimate of drug-likeness (QED) is 0.879. The van der Waals surface area contributed by atoms with Crippen molar-refractivity contribution in [3.8, 4) is 6.07 Å². The Morgan fingerprint density at radius 3 is 2.84 bits per heavy atom. The van der Waals surface area contributed by atoms with Crippen LogP contribution < -0.4 is 10.9 Å². The van der Waals surface area contributed by atoms with Crippen LogP contribution in [0.5, 0.6) is 0 Å². The number of nitrogens with one attached hydrogen (secondary N) is 2. The normalized spacial score (nSPS) is 9.95. The number of rotatable bonds is 2. The maximum atomic E-state index is 12.0. The number of nitrogens with zero attached hydrogens (tertiary/aromatic N) is 1. The first-order chi connectivity index (χ1) is 9.02. The van der Waals surface area contributed by atoms with Crippen molar-refractivity contribution in [3.05, 3.63) is 50.3 Å². The number of aromatic nitrogens is 1. The van der Waals surface area contributed by atoms with E-state index < -0.39 is 5.91 Å². The largest absolute Gasteiger partial charge is 0.329 e. The lowest BCUT2D eigenvalue weighted by Crippen LogP contribution is -2.15. The maximum Gasteiger partial charge on any atom is 0.256 e. The first kappa shape index (κ1) is 13.1. The monoisotopic (exact) mass is 273 g/mol. The van der Waals surface area contributed by atoms with Crippen LogP contribution in [0.4, 0.5) is 5.00 Å². The van der Waals surface area contributed by atoms with Gasteiger partial charge in [0.15, 0.2) is 0 Å². The van der Waals surface area contributed by atoms with Crippen LogP contribution in [0.25, 0.3) is 0 Å². The van der Waals surface area contributed by atoms with Crippen molar-refractivity contribution in [1.29, 1.82) is 5.26 Å². The predicted octanol–water partition coefficient (Wildman–Crippen LogP) is 2.18. The van der Waals surface area contributed by atoms with Gasteiger partial charge in [0.25, 0.3) is 5.91 Å². The average Bonchev–Trinajstić information content (AvgIpc) is 2.64. The van der Waals surface area contributed by atoms with Gasteiger partial charge in [0.2, 0.25) is 5.56 Å². The summed E-state index contributed by atoms with van der Waals surface area (Å²) in [6, 6.07) is 4.81. The minimum absolute atomic E-state index is 0.261. The van der Waals surface area contributed by atoms with Crippen molar-refractivity contribution in [2.24, 2.45) is 0 Å². The molecule has 1 amide bonds. The third-order valence-corrected chi connectivity index (χ3v) is 3.88. The van der Waals surface area contributed by atoms with Gasteiger partial charge in [-0.1, -0.05) is 0 Å². The molecule has 5 nitrogen and oxygen atoms in total. The summed E-state index contributed by atoms with van der Waals surface area (Å²) in [6.07, 6.45) is 1.41. The van der Waals surface area contributed by atoms with E-state index in [0.717, 1.165) is 10.4 Å². The number of amides is 1. The molecule has 0 aliphatic rings. The summed E-state index contributed by atoms with van der Waals surface area (Å²) in [7, 11) is 0. The predicted molar refractivity (Wildman–Crippen MR) is 73.5 cm³/mol. The van der Waals surface area contributed by atoms with Crippen LogP contribution >= 0.6 is 11.3 Å². The molecule has 2 aromatic rings. The van der Waals surface area contributed by atoms with Crippen LogP contribution in [-0.2, 0) is 0 Å². The zero-order chi connectivity index (χ0) is 14.0. The summed E-state index contributed by atoms with van der Waals surface area (Å²) >= 11 is 1.35. The lowest BCUT2D eigenvalue weighted by Gasteiger charge is -2.02.